The van der Waals surface area contributed by atoms with Crippen LogP contribution in [0, 0.1) is 5.41 Å². The van der Waals surface area contributed by atoms with Crippen LogP contribution in [-0.2, 0) is 0 Å². The second-order valence-corrected chi connectivity index (χ2v) is 5.45. The normalized spacial score (nSPS) is 18.8. The van der Waals surface area contributed by atoms with Crippen molar-refractivity contribution in [2.24, 2.45) is 5.41 Å². The molecule has 0 heterocycles. The van der Waals surface area contributed by atoms with Crippen LogP contribution in [0.25, 0.3) is 0 Å². The van der Waals surface area contributed by atoms with Gasteiger partial charge in [-0.2, -0.15) is 0 Å². The summed E-state index contributed by atoms with van der Waals surface area (Å²) in [5.41, 5.74) is 1.67. The fourth-order valence-corrected chi connectivity index (χ4v) is 2.51. The van der Waals surface area contributed by atoms with Gasteiger partial charge in [0, 0.05) is 6.04 Å². The van der Waals surface area contributed by atoms with Gasteiger partial charge < -0.3 is 10.1 Å². The van der Waals surface area contributed by atoms with E-state index in [9.17, 15) is 0 Å². The van der Waals surface area contributed by atoms with Crippen molar-refractivity contribution in [3.8, 4) is 5.75 Å². The average molecular weight is 254 g/mol. The number of halogens is 1. The van der Waals surface area contributed by atoms with Gasteiger partial charge in [0.15, 0.2) is 0 Å². The quantitative estimate of drug-likeness (QED) is 0.862. The predicted molar refractivity (Wildman–Crippen MR) is 71.8 cm³/mol. The molecule has 0 aromatic heterocycles. The summed E-state index contributed by atoms with van der Waals surface area (Å²) in [6, 6.07) is 6.48. The Hall–Kier alpha value is -0.730. The summed E-state index contributed by atoms with van der Waals surface area (Å²) in [7, 11) is 1.66. The van der Waals surface area contributed by atoms with E-state index in [1.54, 1.807) is 7.11 Å². The number of benzene rings is 1. The molecule has 94 valence electrons. The zero-order valence-corrected chi connectivity index (χ0v) is 11.5. The first-order valence-corrected chi connectivity index (χ1v) is 6.55. The van der Waals surface area contributed by atoms with Crippen molar-refractivity contribution in [3.63, 3.8) is 0 Å². The monoisotopic (exact) mass is 253 g/mol. The molecule has 1 saturated carbocycles. The summed E-state index contributed by atoms with van der Waals surface area (Å²) in [5.74, 6) is 0.760. The molecule has 17 heavy (non-hydrogen) atoms. The highest BCUT2D eigenvalue weighted by atomic mass is 35.5. The zero-order chi connectivity index (χ0) is 12.5. The van der Waals surface area contributed by atoms with Crippen LogP contribution in [0.4, 0.5) is 0 Å². The highest BCUT2D eigenvalue weighted by molar-refractivity contribution is 6.32. The van der Waals surface area contributed by atoms with Crippen molar-refractivity contribution in [2.75, 3.05) is 13.7 Å². The molecule has 1 atom stereocenters. The number of rotatable bonds is 5. The van der Waals surface area contributed by atoms with Gasteiger partial charge in [-0.05, 0) is 42.5 Å². The Morgan fingerprint density at radius 3 is 2.71 bits per heavy atom. The SMILES string of the molecule is CCNC(c1ccc(Cl)c(OC)c1)C1(C)CC1. The van der Waals surface area contributed by atoms with Gasteiger partial charge in [-0.25, -0.2) is 0 Å². The Kier molecular flexibility index (Phi) is 3.64. The van der Waals surface area contributed by atoms with E-state index < -0.39 is 0 Å². The summed E-state index contributed by atoms with van der Waals surface area (Å²) < 4.78 is 5.29. The molecule has 3 heteroatoms. The molecule has 0 saturated heterocycles. The molecule has 1 aliphatic carbocycles. The second kappa shape index (κ2) is 4.87. The van der Waals surface area contributed by atoms with Gasteiger partial charge in [0.1, 0.15) is 5.75 Å². The van der Waals surface area contributed by atoms with E-state index in [1.165, 1.54) is 18.4 Å². The van der Waals surface area contributed by atoms with Crippen LogP contribution in [-0.4, -0.2) is 13.7 Å². The van der Waals surface area contributed by atoms with Crippen LogP contribution in [0.1, 0.15) is 38.3 Å². The van der Waals surface area contributed by atoms with Crippen LogP contribution in [0.5, 0.6) is 5.75 Å². The maximum absolute atomic E-state index is 6.06. The number of hydrogen-bond donors (Lipinski definition) is 1. The number of methoxy groups -OCH3 is 1. The first-order chi connectivity index (χ1) is 8.10. The zero-order valence-electron chi connectivity index (χ0n) is 10.7. The van der Waals surface area contributed by atoms with E-state index >= 15 is 0 Å². The molecule has 1 aliphatic rings. The lowest BCUT2D eigenvalue weighted by Gasteiger charge is -2.25. The Morgan fingerprint density at radius 1 is 1.47 bits per heavy atom. The Labute approximate surface area is 108 Å². The summed E-state index contributed by atoms with van der Waals surface area (Å²) in [6.07, 6.45) is 2.57. The molecule has 0 amide bonds. The molecule has 1 fully saturated rings. The standard InChI is InChI=1S/C14H20ClNO/c1-4-16-13(14(2)7-8-14)10-5-6-11(15)12(9-10)17-3/h5-6,9,13,16H,4,7-8H2,1-3H3. The fourth-order valence-electron chi connectivity index (χ4n) is 2.31. The maximum atomic E-state index is 6.06. The van der Waals surface area contributed by atoms with Gasteiger partial charge in [0.2, 0.25) is 0 Å². The Bertz CT molecular complexity index is 401. The maximum Gasteiger partial charge on any atom is 0.137 e. The minimum absolute atomic E-state index is 0.398. The number of nitrogens with one attached hydrogen (secondary N) is 1. The van der Waals surface area contributed by atoms with Gasteiger partial charge in [-0.15, -0.1) is 0 Å². The molecule has 0 aliphatic heterocycles. The van der Waals surface area contributed by atoms with Crippen LogP contribution in [0.2, 0.25) is 5.02 Å². The number of hydrogen-bond acceptors (Lipinski definition) is 2. The van der Waals surface area contributed by atoms with E-state index in [-0.39, 0.29) is 0 Å². The molecular weight excluding hydrogens is 234 g/mol. The van der Waals surface area contributed by atoms with Crippen LogP contribution in [0.3, 0.4) is 0 Å². The molecule has 2 nitrogen and oxygen atoms in total. The lowest BCUT2D eigenvalue weighted by atomic mass is 9.91. The molecule has 2 rings (SSSR count). The molecule has 1 aromatic carbocycles. The van der Waals surface area contributed by atoms with E-state index in [0.29, 0.717) is 16.5 Å². The summed E-state index contributed by atoms with van der Waals surface area (Å²) in [4.78, 5) is 0. The molecule has 0 radical (unpaired) electrons. The van der Waals surface area contributed by atoms with Crippen molar-refractivity contribution in [3.05, 3.63) is 28.8 Å². The van der Waals surface area contributed by atoms with Crippen LogP contribution >= 0.6 is 11.6 Å². The predicted octanol–water partition coefficient (Wildman–Crippen LogP) is 3.80. The third-order valence-electron chi connectivity index (χ3n) is 3.65. The molecule has 0 bridgehead atoms. The third-order valence-corrected chi connectivity index (χ3v) is 3.96. The van der Waals surface area contributed by atoms with Crippen molar-refractivity contribution in [2.45, 2.75) is 32.7 Å². The van der Waals surface area contributed by atoms with Crippen LogP contribution < -0.4 is 10.1 Å². The van der Waals surface area contributed by atoms with Gasteiger partial charge in [-0.3, -0.25) is 0 Å². The highest BCUT2D eigenvalue weighted by Crippen LogP contribution is 2.54. The third kappa shape index (κ3) is 2.58. The topological polar surface area (TPSA) is 21.3 Å². The van der Waals surface area contributed by atoms with Crippen LogP contribution in [0.15, 0.2) is 18.2 Å². The Morgan fingerprint density at radius 2 is 2.18 bits per heavy atom. The lowest BCUT2D eigenvalue weighted by molar-refractivity contribution is 0.369. The van der Waals surface area contributed by atoms with Gasteiger partial charge in [0.05, 0.1) is 12.1 Å². The molecular formula is C14H20ClNO. The smallest absolute Gasteiger partial charge is 0.137 e. The average Bonchev–Trinajstić information content (AvgIpc) is 3.06. The molecule has 1 aromatic rings. The molecule has 0 spiro atoms. The van der Waals surface area contributed by atoms with Crippen molar-refractivity contribution in [1.29, 1.82) is 0 Å². The van der Waals surface area contributed by atoms with Crippen molar-refractivity contribution in [1.82, 2.24) is 5.32 Å². The minimum atomic E-state index is 0.398. The first kappa shape index (κ1) is 12.7. The summed E-state index contributed by atoms with van der Waals surface area (Å²) >= 11 is 6.06. The largest absolute Gasteiger partial charge is 0.495 e. The van der Waals surface area contributed by atoms with Gasteiger partial charge >= 0.3 is 0 Å². The van der Waals surface area contributed by atoms with Crippen molar-refractivity contribution < 1.29 is 4.74 Å². The van der Waals surface area contributed by atoms with Crippen molar-refractivity contribution >= 4 is 11.6 Å². The van der Waals surface area contributed by atoms with E-state index in [4.69, 9.17) is 16.3 Å². The van der Waals surface area contributed by atoms with E-state index in [0.717, 1.165) is 12.3 Å². The van der Waals surface area contributed by atoms with Gasteiger partial charge in [-0.1, -0.05) is 31.5 Å². The van der Waals surface area contributed by atoms with Gasteiger partial charge in [0.25, 0.3) is 0 Å². The second-order valence-electron chi connectivity index (χ2n) is 5.04. The van der Waals surface area contributed by atoms with E-state index in [2.05, 4.69) is 31.3 Å². The lowest BCUT2D eigenvalue weighted by Crippen LogP contribution is -2.27. The van der Waals surface area contributed by atoms with E-state index in [1.807, 2.05) is 6.07 Å². The highest BCUT2D eigenvalue weighted by Gasteiger charge is 2.45. The summed E-state index contributed by atoms with van der Waals surface area (Å²) in [6.45, 7) is 5.46. The minimum Gasteiger partial charge on any atom is -0.495 e. The fraction of sp³-hybridized carbons (Fsp3) is 0.571. The molecule has 1 unspecified atom stereocenters. The first-order valence-electron chi connectivity index (χ1n) is 6.17. The Balaban J connectivity index is 2.29. The molecule has 1 N–H and O–H groups in total. The number of ether oxygens (including phenoxy) is 1. The summed E-state index contributed by atoms with van der Waals surface area (Å²) in [5, 5.41) is 4.25.